The van der Waals surface area contributed by atoms with Gasteiger partial charge in [-0.2, -0.15) is 0 Å². The summed E-state index contributed by atoms with van der Waals surface area (Å²) in [5, 5.41) is 0. The van der Waals surface area contributed by atoms with Crippen LogP contribution in [0.4, 0.5) is 4.39 Å². The van der Waals surface area contributed by atoms with Crippen molar-refractivity contribution in [1.82, 2.24) is 0 Å². The predicted octanol–water partition coefficient (Wildman–Crippen LogP) is 5.00. The summed E-state index contributed by atoms with van der Waals surface area (Å²) in [5.74, 6) is -3.02. The minimum atomic E-state index is -2.41. The van der Waals surface area contributed by atoms with Crippen molar-refractivity contribution in [3.63, 3.8) is 0 Å². The van der Waals surface area contributed by atoms with Crippen molar-refractivity contribution < 1.29 is 32.9 Å². The van der Waals surface area contributed by atoms with Gasteiger partial charge in [0.25, 0.3) is 5.85 Å². The maximum absolute atomic E-state index is 16.3. The fourth-order valence-corrected chi connectivity index (χ4v) is 4.02. The Morgan fingerprint density at radius 1 is 0.806 bits per heavy atom. The molecule has 0 amide bonds. The second kappa shape index (κ2) is 12.7. The Balaban J connectivity index is 1.57. The highest BCUT2D eigenvalue weighted by Gasteiger charge is 2.54. The number of carbonyl (C=O) groups is 1. The van der Waals surface area contributed by atoms with Gasteiger partial charge in [-0.1, -0.05) is 91.0 Å². The first-order valence-electron chi connectivity index (χ1n) is 12.0. The van der Waals surface area contributed by atoms with Crippen LogP contribution in [0, 0.1) is 0 Å². The molecule has 1 aliphatic rings. The highest BCUT2D eigenvalue weighted by atomic mass is 19.2. The fraction of sp³-hybridized carbons (Fsp3) is 0.345. The van der Waals surface area contributed by atoms with Gasteiger partial charge in [-0.3, -0.25) is 4.79 Å². The molecule has 1 aliphatic heterocycles. The van der Waals surface area contributed by atoms with E-state index in [1.807, 2.05) is 91.0 Å². The minimum absolute atomic E-state index is 0.0880. The quantitative estimate of drug-likeness (QED) is 0.350. The number of rotatable bonds is 11. The van der Waals surface area contributed by atoms with Gasteiger partial charge >= 0.3 is 5.97 Å². The lowest BCUT2D eigenvalue weighted by atomic mass is 9.97. The molecule has 190 valence electrons. The standard InChI is InChI=1S/C29H31FO6/c1-22(31)35-21-29(30)28(34-19-25-15-9-4-10-16-25)27(33-18-24-13-7-3-8-14-24)26(20-36-29)32-17-23-11-5-2-6-12-23/h2-16,26-28H,17-21H2,1H3/t26-,27-,28+,29-/m1/s1. The largest absolute Gasteiger partial charge is 0.460 e. The maximum atomic E-state index is 16.3. The normalized spacial score (nSPS) is 23.8. The summed E-state index contributed by atoms with van der Waals surface area (Å²) < 4.78 is 45.4. The van der Waals surface area contributed by atoms with E-state index >= 15 is 4.39 Å². The molecule has 36 heavy (non-hydrogen) atoms. The number of hydrogen-bond donors (Lipinski definition) is 0. The van der Waals surface area contributed by atoms with Crippen molar-refractivity contribution in [2.45, 2.75) is 50.9 Å². The summed E-state index contributed by atoms with van der Waals surface area (Å²) in [4.78, 5) is 11.5. The topological polar surface area (TPSA) is 63.2 Å². The molecule has 0 aliphatic carbocycles. The van der Waals surface area contributed by atoms with Crippen LogP contribution in [0.5, 0.6) is 0 Å². The highest BCUT2D eigenvalue weighted by Crippen LogP contribution is 2.35. The van der Waals surface area contributed by atoms with Crippen LogP contribution in [0.1, 0.15) is 23.6 Å². The predicted molar refractivity (Wildman–Crippen MR) is 131 cm³/mol. The average molecular weight is 495 g/mol. The Hall–Kier alpha value is -3.10. The number of halogens is 1. The van der Waals surface area contributed by atoms with Gasteiger partial charge in [0.05, 0.1) is 26.4 Å². The molecule has 4 atom stereocenters. The number of esters is 1. The van der Waals surface area contributed by atoms with Crippen molar-refractivity contribution in [1.29, 1.82) is 0 Å². The number of ether oxygens (including phenoxy) is 5. The summed E-state index contributed by atoms with van der Waals surface area (Å²) in [6.45, 7) is 1.17. The van der Waals surface area contributed by atoms with E-state index in [2.05, 4.69) is 0 Å². The van der Waals surface area contributed by atoms with Gasteiger partial charge in [-0.05, 0) is 16.7 Å². The Kier molecular flexibility index (Phi) is 9.19. The van der Waals surface area contributed by atoms with Crippen molar-refractivity contribution in [2.75, 3.05) is 13.2 Å². The van der Waals surface area contributed by atoms with Crippen molar-refractivity contribution in [3.8, 4) is 0 Å². The molecule has 0 aromatic heterocycles. The molecule has 4 rings (SSSR count). The van der Waals surface area contributed by atoms with E-state index in [1.165, 1.54) is 6.92 Å². The summed E-state index contributed by atoms with van der Waals surface area (Å²) in [6.07, 6.45) is -2.65. The molecule has 3 aromatic carbocycles. The third-order valence-electron chi connectivity index (χ3n) is 5.91. The van der Waals surface area contributed by atoms with Crippen LogP contribution < -0.4 is 0 Å². The lowest BCUT2D eigenvalue weighted by molar-refractivity contribution is -0.325. The van der Waals surface area contributed by atoms with Gasteiger partial charge in [-0.15, -0.1) is 0 Å². The molecule has 0 saturated carbocycles. The van der Waals surface area contributed by atoms with Gasteiger partial charge in [0.2, 0.25) is 0 Å². The molecule has 1 saturated heterocycles. The van der Waals surface area contributed by atoms with E-state index in [9.17, 15) is 4.79 Å². The fourth-order valence-electron chi connectivity index (χ4n) is 4.02. The lowest BCUT2D eigenvalue weighted by Crippen LogP contribution is -2.63. The third-order valence-corrected chi connectivity index (χ3v) is 5.91. The highest BCUT2D eigenvalue weighted by molar-refractivity contribution is 5.65. The summed E-state index contributed by atoms with van der Waals surface area (Å²) in [7, 11) is 0. The van der Waals surface area contributed by atoms with Crippen LogP contribution in [0.15, 0.2) is 91.0 Å². The number of carbonyl (C=O) groups excluding carboxylic acids is 1. The average Bonchev–Trinajstić information content (AvgIpc) is 2.91. The zero-order chi connectivity index (χ0) is 25.2. The monoisotopic (exact) mass is 494 g/mol. The molecule has 0 radical (unpaired) electrons. The molecular formula is C29H31FO6. The molecular weight excluding hydrogens is 463 g/mol. The van der Waals surface area contributed by atoms with Crippen LogP contribution in [-0.4, -0.2) is 43.3 Å². The Labute approximate surface area is 210 Å². The second-order valence-corrected chi connectivity index (χ2v) is 8.69. The van der Waals surface area contributed by atoms with Gasteiger partial charge in [0.1, 0.15) is 18.3 Å². The molecule has 0 unspecified atom stereocenters. The zero-order valence-electron chi connectivity index (χ0n) is 20.3. The van der Waals surface area contributed by atoms with Gasteiger partial charge in [0.15, 0.2) is 6.61 Å². The molecule has 7 heteroatoms. The van der Waals surface area contributed by atoms with E-state index in [-0.39, 0.29) is 19.8 Å². The van der Waals surface area contributed by atoms with Gasteiger partial charge in [0, 0.05) is 6.92 Å². The Bertz CT molecular complexity index is 1060. The van der Waals surface area contributed by atoms with E-state index in [0.29, 0.717) is 6.61 Å². The van der Waals surface area contributed by atoms with Crippen LogP contribution in [0.2, 0.25) is 0 Å². The summed E-state index contributed by atoms with van der Waals surface area (Å²) in [6, 6.07) is 28.7. The smallest absolute Gasteiger partial charge is 0.302 e. The minimum Gasteiger partial charge on any atom is -0.460 e. The van der Waals surface area contributed by atoms with Crippen molar-refractivity contribution >= 4 is 5.97 Å². The van der Waals surface area contributed by atoms with Crippen molar-refractivity contribution in [3.05, 3.63) is 108 Å². The molecule has 6 nitrogen and oxygen atoms in total. The first kappa shape index (κ1) is 26.0. The molecule has 1 heterocycles. The van der Waals surface area contributed by atoms with Crippen LogP contribution in [-0.2, 0) is 48.3 Å². The first-order valence-corrected chi connectivity index (χ1v) is 12.0. The molecule has 1 fully saturated rings. The van der Waals surface area contributed by atoms with E-state index in [0.717, 1.165) is 16.7 Å². The third kappa shape index (κ3) is 7.21. The summed E-state index contributed by atoms with van der Waals surface area (Å²) >= 11 is 0. The SMILES string of the molecule is CC(=O)OC[C@@]1(F)OC[C@@H](OCc2ccccc2)[C@@H](OCc2ccccc2)[C@@H]1OCc1ccccc1. The van der Waals surface area contributed by atoms with Crippen LogP contribution >= 0.6 is 0 Å². The first-order chi connectivity index (χ1) is 17.5. The second-order valence-electron chi connectivity index (χ2n) is 8.69. The molecule has 3 aromatic rings. The van der Waals surface area contributed by atoms with Crippen LogP contribution in [0.3, 0.4) is 0 Å². The molecule has 0 spiro atoms. The van der Waals surface area contributed by atoms with Gasteiger partial charge in [-0.25, -0.2) is 4.39 Å². The number of hydrogen-bond acceptors (Lipinski definition) is 6. The zero-order valence-corrected chi connectivity index (χ0v) is 20.3. The van der Waals surface area contributed by atoms with Crippen LogP contribution in [0.25, 0.3) is 0 Å². The Morgan fingerprint density at radius 2 is 1.28 bits per heavy atom. The number of alkyl halides is 1. The Morgan fingerprint density at radius 3 is 1.78 bits per heavy atom. The summed E-state index contributed by atoms with van der Waals surface area (Å²) in [5.41, 5.74) is 2.76. The van der Waals surface area contributed by atoms with E-state index in [1.54, 1.807) is 0 Å². The van der Waals surface area contributed by atoms with E-state index in [4.69, 9.17) is 23.7 Å². The van der Waals surface area contributed by atoms with Crippen molar-refractivity contribution in [2.24, 2.45) is 0 Å². The lowest BCUT2D eigenvalue weighted by Gasteiger charge is -2.45. The number of benzene rings is 3. The van der Waals surface area contributed by atoms with Gasteiger partial charge < -0.3 is 23.7 Å². The molecule has 0 N–H and O–H groups in total. The van der Waals surface area contributed by atoms with E-state index < -0.39 is 36.7 Å². The maximum Gasteiger partial charge on any atom is 0.302 e. The molecule has 0 bridgehead atoms.